The number of para-hydroxylation sites is 1. The summed E-state index contributed by atoms with van der Waals surface area (Å²) >= 11 is 16.5. The van der Waals surface area contributed by atoms with Crippen LogP contribution in [0.2, 0.25) is 5.02 Å². The van der Waals surface area contributed by atoms with Gasteiger partial charge in [-0.25, -0.2) is 0 Å². The summed E-state index contributed by atoms with van der Waals surface area (Å²) in [5.41, 5.74) is 2.06. The Morgan fingerprint density at radius 3 is 2.32 bits per heavy atom. The zero-order chi connectivity index (χ0) is 22.4. The van der Waals surface area contributed by atoms with Crippen LogP contribution in [0.3, 0.4) is 0 Å². The highest BCUT2D eigenvalue weighted by atomic mass is 79.9. The van der Waals surface area contributed by atoms with Gasteiger partial charge in [0.1, 0.15) is 24.0 Å². The number of halogens is 4. The summed E-state index contributed by atoms with van der Waals surface area (Å²) in [5, 5.41) is 12.5. The van der Waals surface area contributed by atoms with E-state index in [1.807, 2.05) is 30.3 Å². The van der Waals surface area contributed by atoms with E-state index in [1.165, 1.54) is 6.08 Å². The van der Waals surface area contributed by atoms with Crippen molar-refractivity contribution in [3.05, 3.63) is 95.8 Å². The molecular formula is C23H14Br3ClN2O2. The Bertz CT molecular complexity index is 1170. The molecule has 0 aliphatic heterocycles. The van der Waals surface area contributed by atoms with Crippen LogP contribution in [0.25, 0.3) is 6.08 Å². The SMILES string of the molecule is N#C/C(=C\c1cc(Br)c(OCc2ccc(Br)cc2)c(Br)c1)C(=O)Nc1ccccc1Cl. The Morgan fingerprint density at radius 2 is 1.71 bits per heavy atom. The highest BCUT2D eigenvalue weighted by Gasteiger charge is 2.14. The molecule has 156 valence electrons. The zero-order valence-electron chi connectivity index (χ0n) is 15.8. The largest absolute Gasteiger partial charge is 0.487 e. The highest BCUT2D eigenvalue weighted by Crippen LogP contribution is 2.36. The number of carbonyl (C=O) groups excluding carboxylic acids is 1. The van der Waals surface area contributed by atoms with Crippen molar-refractivity contribution < 1.29 is 9.53 Å². The summed E-state index contributed by atoms with van der Waals surface area (Å²) in [6.45, 7) is 0.392. The van der Waals surface area contributed by atoms with Crippen LogP contribution < -0.4 is 10.1 Å². The van der Waals surface area contributed by atoms with Gasteiger partial charge < -0.3 is 10.1 Å². The van der Waals surface area contributed by atoms with E-state index in [-0.39, 0.29) is 5.57 Å². The fourth-order valence-corrected chi connectivity index (χ4v) is 4.50. The predicted octanol–water partition coefficient (Wildman–Crippen LogP) is 7.75. The maximum Gasteiger partial charge on any atom is 0.266 e. The van der Waals surface area contributed by atoms with Crippen LogP contribution in [-0.4, -0.2) is 5.91 Å². The van der Waals surface area contributed by atoms with E-state index in [4.69, 9.17) is 16.3 Å². The van der Waals surface area contributed by atoms with Gasteiger partial charge in [-0.2, -0.15) is 5.26 Å². The van der Waals surface area contributed by atoms with Crippen molar-refractivity contribution in [1.29, 1.82) is 5.26 Å². The first-order valence-electron chi connectivity index (χ1n) is 8.91. The van der Waals surface area contributed by atoms with Gasteiger partial charge >= 0.3 is 0 Å². The van der Waals surface area contributed by atoms with E-state index < -0.39 is 5.91 Å². The van der Waals surface area contributed by atoms with Gasteiger partial charge in [0.25, 0.3) is 5.91 Å². The standard InChI is InChI=1S/C23H14Br3ClN2O2/c24-17-7-5-14(6-8-17)13-31-22-18(25)10-15(11-19(22)26)9-16(12-28)23(30)29-21-4-2-1-3-20(21)27/h1-11H,13H2,(H,29,30)/b16-9+. The van der Waals surface area contributed by atoms with Gasteiger partial charge in [-0.15, -0.1) is 0 Å². The summed E-state index contributed by atoms with van der Waals surface area (Å²) in [6, 6.07) is 20.2. The maximum atomic E-state index is 12.5. The van der Waals surface area contributed by atoms with Crippen molar-refractivity contribution in [3.63, 3.8) is 0 Å². The molecular weight excluding hydrogens is 611 g/mol. The Labute approximate surface area is 210 Å². The molecule has 4 nitrogen and oxygen atoms in total. The number of rotatable bonds is 6. The number of hydrogen-bond donors (Lipinski definition) is 1. The molecule has 31 heavy (non-hydrogen) atoms. The lowest BCUT2D eigenvalue weighted by Gasteiger charge is -2.12. The molecule has 1 N–H and O–H groups in total. The van der Waals surface area contributed by atoms with Crippen molar-refractivity contribution in [3.8, 4) is 11.8 Å². The fourth-order valence-electron chi connectivity index (χ4n) is 2.60. The Hall–Kier alpha value is -2.11. The van der Waals surface area contributed by atoms with Crippen LogP contribution in [0.1, 0.15) is 11.1 Å². The van der Waals surface area contributed by atoms with E-state index in [9.17, 15) is 10.1 Å². The number of amides is 1. The summed E-state index contributed by atoms with van der Waals surface area (Å²) in [6.07, 6.45) is 1.50. The molecule has 3 aromatic carbocycles. The number of nitrogens with one attached hydrogen (secondary N) is 1. The second-order valence-electron chi connectivity index (χ2n) is 6.33. The average Bonchev–Trinajstić information content (AvgIpc) is 2.74. The molecule has 0 bridgehead atoms. The van der Waals surface area contributed by atoms with Gasteiger partial charge in [-0.3, -0.25) is 4.79 Å². The van der Waals surface area contributed by atoms with Crippen LogP contribution in [0.4, 0.5) is 5.69 Å². The maximum absolute atomic E-state index is 12.5. The number of benzene rings is 3. The van der Waals surface area contributed by atoms with Crippen LogP contribution >= 0.6 is 59.4 Å². The van der Waals surface area contributed by atoms with E-state index >= 15 is 0 Å². The Morgan fingerprint density at radius 1 is 1.06 bits per heavy atom. The Balaban J connectivity index is 1.78. The fraction of sp³-hybridized carbons (Fsp3) is 0.0435. The van der Waals surface area contributed by atoms with Gasteiger partial charge in [0.05, 0.1) is 19.7 Å². The van der Waals surface area contributed by atoms with Crippen LogP contribution in [0.5, 0.6) is 5.75 Å². The third kappa shape index (κ3) is 6.44. The van der Waals surface area contributed by atoms with E-state index in [0.29, 0.717) is 37.6 Å². The Kier molecular flexibility index (Phi) is 8.33. The summed E-state index contributed by atoms with van der Waals surface area (Å²) in [7, 11) is 0. The van der Waals surface area contributed by atoms with E-state index in [1.54, 1.807) is 36.4 Å². The minimum absolute atomic E-state index is 0.0535. The van der Waals surface area contributed by atoms with Crippen LogP contribution in [0, 0.1) is 11.3 Å². The molecule has 0 fully saturated rings. The zero-order valence-corrected chi connectivity index (χ0v) is 21.3. The summed E-state index contributed by atoms with van der Waals surface area (Å²) in [5.74, 6) is 0.0810. The lowest BCUT2D eigenvalue weighted by molar-refractivity contribution is -0.112. The van der Waals surface area contributed by atoms with Crippen LogP contribution in [-0.2, 0) is 11.4 Å². The van der Waals surface area contributed by atoms with Crippen molar-refractivity contribution in [2.45, 2.75) is 6.61 Å². The van der Waals surface area contributed by atoms with Gasteiger partial charge in [0.2, 0.25) is 0 Å². The van der Waals surface area contributed by atoms with Gasteiger partial charge in [-0.05, 0) is 85.5 Å². The molecule has 3 aromatic rings. The van der Waals surface area contributed by atoms with E-state index in [2.05, 4.69) is 53.1 Å². The first-order chi connectivity index (χ1) is 14.9. The third-order valence-corrected chi connectivity index (χ3v) is 6.15. The van der Waals surface area contributed by atoms with Crippen molar-refractivity contribution >= 4 is 77.1 Å². The molecule has 0 radical (unpaired) electrons. The predicted molar refractivity (Wildman–Crippen MR) is 134 cm³/mol. The first-order valence-corrected chi connectivity index (χ1v) is 11.7. The second-order valence-corrected chi connectivity index (χ2v) is 9.36. The summed E-state index contributed by atoms with van der Waals surface area (Å²) < 4.78 is 8.31. The smallest absolute Gasteiger partial charge is 0.266 e. The second kappa shape index (κ2) is 11.0. The summed E-state index contributed by atoms with van der Waals surface area (Å²) in [4.78, 5) is 12.5. The minimum Gasteiger partial charge on any atom is -0.487 e. The quantitative estimate of drug-likeness (QED) is 0.225. The number of nitrogens with zero attached hydrogens (tertiary/aromatic N) is 1. The van der Waals surface area contributed by atoms with E-state index in [0.717, 1.165) is 10.0 Å². The molecule has 0 saturated heterocycles. The van der Waals surface area contributed by atoms with Crippen molar-refractivity contribution in [2.24, 2.45) is 0 Å². The van der Waals surface area contributed by atoms with Gasteiger partial charge in [0, 0.05) is 4.47 Å². The monoisotopic (exact) mass is 622 g/mol. The topological polar surface area (TPSA) is 62.1 Å². The lowest BCUT2D eigenvalue weighted by Crippen LogP contribution is -2.13. The molecule has 0 spiro atoms. The molecule has 0 aliphatic carbocycles. The molecule has 1 amide bonds. The molecule has 0 aromatic heterocycles. The van der Waals surface area contributed by atoms with Crippen molar-refractivity contribution in [2.75, 3.05) is 5.32 Å². The lowest BCUT2D eigenvalue weighted by atomic mass is 10.1. The average molecular weight is 626 g/mol. The minimum atomic E-state index is -0.543. The number of nitriles is 1. The first kappa shape index (κ1) is 23.6. The van der Waals surface area contributed by atoms with Crippen LogP contribution in [0.15, 0.2) is 79.7 Å². The van der Waals surface area contributed by atoms with Crippen molar-refractivity contribution in [1.82, 2.24) is 0 Å². The van der Waals surface area contributed by atoms with Gasteiger partial charge in [-0.1, -0.05) is 51.8 Å². The normalized spacial score (nSPS) is 11.0. The molecule has 0 unspecified atom stereocenters. The molecule has 0 atom stereocenters. The molecule has 0 heterocycles. The van der Waals surface area contributed by atoms with Gasteiger partial charge in [0.15, 0.2) is 0 Å². The number of anilines is 1. The molecule has 0 saturated carbocycles. The number of carbonyl (C=O) groups is 1. The third-order valence-electron chi connectivity index (χ3n) is 4.12. The molecule has 8 heteroatoms. The molecule has 3 rings (SSSR count). The highest BCUT2D eigenvalue weighted by molar-refractivity contribution is 9.11. The number of hydrogen-bond acceptors (Lipinski definition) is 3. The molecule has 0 aliphatic rings. The number of ether oxygens (including phenoxy) is 1.